The van der Waals surface area contributed by atoms with Gasteiger partial charge in [-0.1, -0.05) is 6.07 Å². The maximum Gasteiger partial charge on any atom is 0.423 e. The predicted molar refractivity (Wildman–Crippen MR) is 82.0 cm³/mol. The van der Waals surface area contributed by atoms with E-state index in [9.17, 15) is 22.8 Å². The molecule has 0 atom stereocenters. The molecular weight excluding hydrogens is 343 g/mol. The zero-order valence-corrected chi connectivity index (χ0v) is 13.0. The van der Waals surface area contributed by atoms with Gasteiger partial charge in [-0.2, -0.15) is 18.3 Å². The van der Waals surface area contributed by atoms with Crippen molar-refractivity contribution in [3.8, 4) is 5.75 Å². The molecular formula is C15H14F3N3O4. The fourth-order valence-electron chi connectivity index (χ4n) is 2.09. The summed E-state index contributed by atoms with van der Waals surface area (Å²) in [6.07, 6.45) is -3.91. The van der Waals surface area contributed by atoms with Crippen LogP contribution in [-0.2, 0) is 6.18 Å². The molecule has 1 aromatic carbocycles. The number of hydrogen-bond donors (Lipinski definition) is 2. The molecule has 2 aromatic rings. The van der Waals surface area contributed by atoms with E-state index < -0.39 is 23.3 Å². The lowest BCUT2D eigenvalue weighted by Crippen LogP contribution is -2.31. The first-order valence-corrected chi connectivity index (χ1v) is 7.02. The molecule has 0 aliphatic carbocycles. The van der Waals surface area contributed by atoms with Gasteiger partial charge in [0.25, 0.3) is 5.56 Å². The summed E-state index contributed by atoms with van der Waals surface area (Å²) in [5, 5.41) is 14.0. The molecule has 0 amide bonds. The molecule has 2 N–H and O–H groups in total. The van der Waals surface area contributed by atoms with Crippen LogP contribution in [0.25, 0.3) is 0 Å². The van der Waals surface area contributed by atoms with E-state index in [0.29, 0.717) is 0 Å². The van der Waals surface area contributed by atoms with Crippen LogP contribution in [0.1, 0.15) is 15.9 Å². The number of carbonyl (C=O) groups is 1. The molecule has 0 unspecified atom stereocenters. The zero-order valence-electron chi connectivity index (χ0n) is 13.0. The van der Waals surface area contributed by atoms with E-state index in [1.165, 1.54) is 36.2 Å². The number of ether oxygens (including phenoxy) is 1. The first-order chi connectivity index (χ1) is 11.7. The standard InChI is InChI=1S/C15H14F3N3O4/c1-21(11-8-19-20-13(22)12(11)15(16,17)18)5-6-25-10-4-2-3-9(7-10)14(23)24/h2-4,7-8H,5-6H2,1H3,(H,20,22)(H,23,24). The zero-order chi connectivity index (χ0) is 18.6. The maximum atomic E-state index is 13.0. The number of alkyl halides is 3. The highest BCUT2D eigenvalue weighted by atomic mass is 19.4. The van der Waals surface area contributed by atoms with Gasteiger partial charge < -0.3 is 14.7 Å². The van der Waals surface area contributed by atoms with Gasteiger partial charge >= 0.3 is 12.1 Å². The molecule has 0 aliphatic rings. The fraction of sp³-hybridized carbons (Fsp3) is 0.267. The number of rotatable bonds is 6. The second-order valence-electron chi connectivity index (χ2n) is 5.06. The summed E-state index contributed by atoms with van der Waals surface area (Å²) in [7, 11) is 1.36. The Kier molecular flexibility index (Phi) is 5.30. The van der Waals surface area contributed by atoms with E-state index in [4.69, 9.17) is 9.84 Å². The van der Waals surface area contributed by atoms with Gasteiger partial charge in [0.15, 0.2) is 0 Å². The Bertz CT molecular complexity index is 820. The van der Waals surface area contributed by atoms with Crippen LogP contribution in [0.5, 0.6) is 5.75 Å². The molecule has 0 radical (unpaired) electrons. The first-order valence-electron chi connectivity index (χ1n) is 7.02. The van der Waals surface area contributed by atoms with Crippen molar-refractivity contribution in [3.05, 3.63) is 51.9 Å². The summed E-state index contributed by atoms with van der Waals surface area (Å²) < 4.78 is 44.4. The minimum Gasteiger partial charge on any atom is -0.492 e. The Labute approximate surface area is 139 Å². The van der Waals surface area contributed by atoms with E-state index in [-0.39, 0.29) is 30.2 Å². The third-order valence-corrected chi connectivity index (χ3v) is 3.31. The van der Waals surface area contributed by atoms with Gasteiger partial charge in [-0.25, -0.2) is 9.89 Å². The van der Waals surface area contributed by atoms with Crippen molar-refractivity contribution in [1.29, 1.82) is 0 Å². The summed E-state index contributed by atoms with van der Waals surface area (Å²) >= 11 is 0. The smallest absolute Gasteiger partial charge is 0.423 e. The van der Waals surface area contributed by atoms with Crippen LogP contribution in [0.2, 0.25) is 0 Å². The lowest BCUT2D eigenvalue weighted by molar-refractivity contribution is -0.138. The fourth-order valence-corrected chi connectivity index (χ4v) is 2.09. The number of benzene rings is 1. The molecule has 134 valence electrons. The number of aromatic carboxylic acids is 1. The van der Waals surface area contributed by atoms with Gasteiger partial charge in [0.2, 0.25) is 0 Å². The van der Waals surface area contributed by atoms with Crippen molar-refractivity contribution < 1.29 is 27.8 Å². The van der Waals surface area contributed by atoms with Gasteiger partial charge in [0, 0.05) is 7.05 Å². The van der Waals surface area contributed by atoms with E-state index in [1.807, 2.05) is 0 Å². The van der Waals surface area contributed by atoms with Gasteiger partial charge in [0.1, 0.15) is 17.9 Å². The number of hydrogen-bond acceptors (Lipinski definition) is 5. The summed E-state index contributed by atoms with van der Waals surface area (Å²) in [5.41, 5.74) is -3.01. The number of carboxylic acids is 1. The minimum atomic E-state index is -4.82. The number of halogens is 3. The molecule has 1 heterocycles. The number of carboxylic acid groups (broad SMARTS) is 1. The Morgan fingerprint density at radius 1 is 1.40 bits per heavy atom. The number of anilines is 1. The van der Waals surface area contributed by atoms with Gasteiger partial charge in [-0.05, 0) is 18.2 Å². The van der Waals surface area contributed by atoms with Crippen molar-refractivity contribution in [3.63, 3.8) is 0 Å². The molecule has 10 heteroatoms. The van der Waals surface area contributed by atoms with Crippen molar-refractivity contribution in [2.24, 2.45) is 0 Å². The second kappa shape index (κ2) is 7.24. The largest absolute Gasteiger partial charge is 0.492 e. The van der Waals surface area contributed by atoms with Crippen molar-refractivity contribution in [1.82, 2.24) is 10.2 Å². The number of aromatic nitrogens is 2. The molecule has 0 bridgehead atoms. The molecule has 0 aliphatic heterocycles. The van der Waals surface area contributed by atoms with Crippen LogP contribution in [0.15, 0.2) is 35.3 Å². The molecule has 0 spiro atoms. The highest BCUT2D eigenvalue weighted by Crippen LogP contribution is 2.32. The highest BCUT2D eigenvalue weighted by molar-refractivity contribution is 5.87. The lowest BCUT2D eigenvalue weighted by Gasteiger charge is -2.22. The van der Waals surface area contributed by atoms with Crippen molar-refractivity contribution in [2.75, 3.05) is 25.1 Å². The number of likely N-dealkylation sites (N-methyl/N-ethyl adjacent to an activating group) is 1. The minimum absolute atomic E-state index is 0.0194. The van der Waals surface area contributed by atoms with Crippen molar-refractivity contribution in [2.45, 2.75) is 6.18 Å². The van der Waals surface area contributed by atoms with Crippen LogP contribution in [0.4, 0.5) is 18.9 Å². The molecule has 7 nitrogen and oxygen atoms in total. The monoisotopic (exact) mass is 357 g/mol. The summed E-state index contributed by atoms with van der Waals surface area (Å²) in [6.45, 7) is -0.00478. The van der Waals surface area contributed by atoms with Crippen LogP contribution in [-0.4, -0.2) is 41.5 Å². The average Bonchev–Trinajstić information content (AvgIpc) is 2.53. The summed E-state index contributed by atoms with van der Waals surface area (Å²) in [4.78, 5) is 23.5. The van der Waals surface area contributed by atoms with Gasteiger partial charge in [0.05, 0.1) is 24.0 Å². The van der Waals surface area contributed by atoms with E-state index in [0.717, 1.165) is 6.20 Å². The molecule has 0 saturated carbocycles. The average molecular weight is 357 g/mol. The lowest BCUT2D eigenvalue weighted by atomic mass is 10.2. The van der Waals surface area contributed by atoms with Gasteiger partial charge in [-0.15, -0.1) is 0 Å². The predicted octanol–water partition coefficient (Wildman–Crippen LogP) is 2.00. The second-order valence-corrected chi connectivity index (χ2v) is 5.06. The SMILES string of the molecule is CN(CCOc1cccc(C(=O)O)c1)c1cn[nH]c(=O)c1C(F)(F)F. The van der Waals surface area contributed by atoms with Crippen molar-refractivity contribution >= 4 is 11.7 Å². The van der Waals surface area contributed by atoms with Crippen LogP contribution in [0, 0.1) is 0 Å². The summed E-state index contributed by atoms with van der Waals surface area (Å²) in [5.74, 6) is -0.847. The molecule has 0 saturated heterocycles. The summed E-state index contributed by atoms with van der Waals surface area (Å²) in [6, 6.07) is 5.71. The third-order valence-electron chi connectivity index (χ3n) is 3.31. The first kappa shape index (κ1) is 18.3. The Morgan fingerprint density at radius 2 is 2.12 bits per heavy atom. The third kappa shape index (κ3) is 4.49. The molecule has 1 aromatic heterocycles. The Morgan fingerprint density at radius 3 is 2.76 bits per heavy atom. The molecule has 0 fully saturated rings. The van der Waals surface area contributed by atoms with Crippen LogP contribution < -0.4 is 15.2 Å². The topological polar surface area (TPSA) is 95.5 Å². The van der Waals surface area contributed by atoms with E-state index in [2.05, 4.69) is 5.10 Å². The van der Waals surface area contributed by atoms with Gasteiger partial charge in [-0.3, -0.25) is 4.79 Å². The number of nitrogens with zero attached hydrogens (tertiary/aromatic N) is 2. The van der Waals surface area contributed by atoms with Crippen LogP contribution in [0.3, 0.4) is 0 Å². The quantitative estimate of drug-likeness (QED) is 0.821. The Hall–Kier alpha value is -3.04. The number of H-pyrrole nitrogens is 1. The van der Waals surface area contributed by atoms with E-state index >= 15 is 0 Å². The van der Waals surface area contributed by atoms with Crippen LogP contribution >= 0.6 is 0 Å². The number of aromatic amines is 1. The number of nitrogens with one attached hydrogen (secondary N) is 1. The highest BCUT2D eigenvalue weighted by Gasteiger charge is 2.38. The Balaban J connectivity index is 2.08. The maximum absolute atomic E-state index is 13.0. The van der Waals surface area contributed by atoms with E-state index in [1.54, 1.807) is 5.10 Å². The molecule has 25 heavy (non-hydrogen) atoms. The normalized spacial score (nSPS) is 11.2. The molecule has 2 rings (SSSR count).